The minimum Gasteiger partial charge on any atom is -0.399 e. The minimum absolute atomic E-state index is 0.792. The van der Waals surface area contributed by atoms with Gasteiger partial charge in [0.15, 0.2) is 0 Å². The predicted molar refractivity (Wildman–Crippen MR) is 56.1 cm³/mol. The van der Waals surface area contributed by atoms with E-state index in [2.05, 4.69) is 28.1 Å². The van der Waals surface area contributed by atoms with Crippen LogP contribution in [0.5, 0.6) is 0 Å². The quantitative estimate of drug-likeness (QED) is 0.680. The van der Waals surface area contributed by atoms with E-state index in [9.17, 15) is 0 Å². The number of halogens is 1. The highest BCUT2D eigenvalue weighted by molar-refractivity contribution is 9.10. The van der Waals surface area contributed by atoms with Crippen LogP contribution in [-0.4, -0.2) is 0 Å². The number of rotatable bonds is 0. The van der Waals surface area contributed by atoms with Gasteiger partial charge in [0.1, 0.15) is 0 Å². The van der Waals surface area contributed by atoms with Crippen LogP contribution in [0.15, 0.2) is 40.9 Å². The molecule has 0 aliphatic carbocycles. The number of benzene rings is 2. The summed E-state index contributed by atoms with van der Waals surface area (Å²) >= 11 is 3.47. The molecule has 2 heteroatoms. The van der Waals surface area contributed by atoms with Crippen molar-refractivity contribution in [2.24, 2.45) is 0 Å². The summed E-state index contributed by atoms with van der Waals surface area (Å²) in [6.45, 7) is 0. The molecule has 2 aromatic rings. The van der Waals surface area contributed by atoms with Gasteiger partial charge in [-0.1, -0.05) is 40.2 Å². The summed E-state index contributed by atoms with van der Waals surface area (Å²) in [4.78, 5) is 0. The average molecular weight is 222 g/mol. The Morgan fingerprint density at radius 2 is 1.83 bits per heavy atom. The van der Waals surface area contributed by atoms with Gasteiger partial charge in [0, 0.05) is 10.2 Å². The lowest BCUT2D eigenvalue weighted by Crippen LogP contribution is -1.84. The SMILES string of the molecule is Nc1cc(Br)c2ccccc2c1. The number of anilines is 1. The molecule has 60 valence electrons. The summed E-state index contributed by atoms with van der Waals surface area (Å²) in [5.41, 5.74) is 6.49. The lowest BCUT2D eigenvalue weighted by molar-refractivity contribution is 1.69. The van der Waals surface area contributed by atoms with Gasteiger partial charge in [-0.05, 0) is 22.9 Å². The van der Waals surface area contributed by atoms with Gasteiger partial charge in [-0.25, -0.2) is 0 Å². The van der Waals surface area contributed by atoms with Crippen LogP contribution >= 0.6 is 15.9 Å². The topological polar surface area (TPSA) is 26.0 Å². The van der Waals surface area contributed by atoms with Gasteiger partial charge in [-0.3, -0.25) is 0 Å². The van der Waals surface area contributed by atoms with Crippen molar-refractivity contribution < 1.29 is 0 Å². The molecular weight excluding hydrogens is 214 g/mol. The minimum atomic E-state index is 0.792. The molecule has 0 spiro atoms. The largest absolute Gasteiger partial charge is 0.399 e. The van der Waals surface area contributed by atoms with Crippen molar-refractivity contribution in [3.8, 4) is 0 Å². The zero-order valence-electron chi connectivity index (χ0n) is 6.42. The zero-order chi connectivity index (χ0) is 8.55. The first kappa shape index (κ1) is 7.62. The fourth-order valence-corrected chi connectivity index (χ4v) is 1.91. The molecule has 0 aliphatic rings. The van der Waals surface area contributed by atoms with Crippen LogP contribution in [0.1, 0.15) is 0 Å². The first-order valence-corrected chi connectivity index (χ1v) is 4.50. The predicted octanol–water partition coefficient (Wildman–Crippen LogP) is 3.18. The monoisotopic (exact) mass is 221 g/mol. The number of hydrogen-bond acceptors (Lipinski definition) is 1. The van der Waals surface area contributed by atoms with Crippen LogP contribution in [0, 0.1) is 0 Å². The van der Waals surface area contributed by atoms with Gasteiger partial charge >= 0.3 is 0 Å². The van der Waals surface area contributed by atoms with E-state index in [1.807, 2.05) is 24.3 Å². The van der Waals surface area contributed by atoms with Crippen LogP contribution in [0.4, 0.5) is 5.69 Å². The molecule has 2 rings (SSSR count). The number of nitrogen functional groups attached to an aromatic ring is 1. The fourth-order valence-electron chi connectivity index (χ4n) is 1.29. The molecule has 2 N–H and O–H groups in total. The molecule has 0 heterocycles. The highest BCUT2D eigenvalue weighted by Gasteiger charge is 1.97. The smallest absolute Gasteiger partial charge is 0.0331 e. The van der Waals surface area contributed by atoms with Gasteiger partial charge in [-0.2, -0.15) is 0 Å². The highest BCUT2D eigenvalue weighted by Crippen LogP contribution is 2.26. The van der Waals surface area contributed by atoms with Gasteiger partial charge in [0.05, 0.1) is 0 Å². The maximum atomic E-state index is 5.69. The third kappa shape index (κ3) is 1.18. The van der Waals surface area contributed by atoms with Crippen LogP contribution in [0.2, 0.25) is 0 Å². The van der Waals surface area contributed by atoms with Crippen LogP contribution in [0.25, 0.3) is 10.8 Å². The van der Waals surface area contributed by atoms with E-state index in [-0.39, 0.29) is 0 Å². The van der Waals surface area contributed by atoms with Gasteiger partial charge in [0.25, 0.3) is 0 Å². The number of hydrogen-bond donors (Lipinski definition) is 1. The maximum Gasteiger partial charge on any atom is 0.0331 e. The summed E-state index contributed by atoms with van der Waals surface area (Å²) in [7, 11) is 0. The van der Waals surface area contributed by atoms with E-state index >= 15 is 0 Å². The van der Waals surface area contributed by atoms with Crippen LogP contribution in [0.3, 0.4) is 0 Å². The second kappa shape index (κ2) is 2.79. The first-order valence-electron chi connectivity index (χ1n) is 3.71. The molecule has 0 saturated carbocycles. The van der Waals surface area contributed by atoms with Crippen molar-refractivity contribution in [1.82, 2.24) is 0 Å². The van der Waals surface area contributed by atoms with Gasteiger partial charge in [0.2, 0.25) is 0 Å². The third-order valence-corrected chi connectivity index (χ3v) is 2.49. The van der Waals surface area contributed by atoms with Gasteiger partial charge in [-0.15, -0.1) is 0 Å². The summed E-state index contributed by atoms with van der Waals surface area (Å²) < 4.78 is 1.05. The lowest BCUT2D eigenvalue weighted by atomic mass is 10.1. The molecule has 1 nitrogen and oxygen atoms in total. The van der Waals surface area contributed by atoms with Crippen molar-refractivity contribution in [3.05, 3.63) is 40.9 Å². The summed E-state index contributed by atoms with van der Waals surface area (Å²) in [6, 6.07) is 12.0. The van der Waals surface area contributed by atoms with Crippen molar-refractivity contribution in [1.29, 1.82) is 0 Å². The van der Waals surface area contributed by atoms with Crippen LogP contribution < -0.4 is 5.73 Å². The van der Waals surface area contributed by atoms with E-state index in [1.165, 1.54) is 10.8 Å². The molecule has 0 radical (unpaired) electrons. The molecule has 0 fully saturated rings. The van der Waals surface area contributed by atoms with E-state index in [0.29, 0.717) is 0 Å². The molecule has 0 aliphatic heterocycles. The Bertz CT molecular complexity index is 423. The van der Waals surface area contributed by atoms with Crippen molar-refractivity contribution in [3.63, 3.8) is 0 Å². The fraction of sp³-hybridized carbons (Fsp3) is 0. The van der Waals surface area contributed by atoms with E-state index in [1.54, 1.807) is 0 Å². The first-order chi connectivity index (χ1) is 5.77. The van der Waals surface area contributed by atoms with Crippen molar-refractivity contribution in [2.75, 3.05) is 5.73 Å². The standard InChI is InChI=1S/C10H8BrN/c11-10-6-8(12)5-7-3-1-2-4-9(7)10/h1-6H,12H2. The molecule has 0 unspecified atom stereocenters. The normalized spacial score (nSPS) is 10.4. The Balaban J connectivity index is 2.89. The summed E-state index contributed by atoms with van der Waals surface area (Å²) in [6.07, 6.45) is 0. The summed E-state index contributed by atoms with van der Waals surface area (Å²) in [5, 5.41) is 2.37. The molecule has 0 bridgehead atoms. The van der Waals surface area contributed by atoms with E-state index in [0.717, 1.165) is 10.2 Å². The highest BCUT2D eigenvalue weighted by atomic mass is 79.9. The second-order valence-electron chi connectivity index (χ2n) is 2.72. The lowest BCUT2D eigenvalue weighted by Gasteiger charge is -2.01. The summed E-state index contributed by atoms with van der Waals surface area (Å²) in [5.74, 6) is 0. The Morgan fingerprint density at radius 1 is 1.08 bits per heavy atom. The maximum absolute atomic E-state index is 5.69. The third-order valence-electron chi connectivity index (χ3n) is 1.83. The van der Waals surface area contributed by atoms with Crippen molar-refractivity contribution >= 4 is 32.4 Å². The Hall–Kier alpha value is -1.02. The molecule has 12 heavy (non-hydrogen) atoms. The molecule has 0 amide bonds. The molecule has 0 saturated heterocycles. The molecular formula is C10H8BrN. The van der Waals surface area contributed by atoms with E-state index < -0.39 is 0 Å². The average Bonchev–Trinajstić information content (AvgIpc) is 2.04. The number of fused-ring (bicyclic) bond motifs is 1. The Kier molecular flexibility index (Phi) is 1.77. The van der Waals surface area contributed by atoms with Gasteiger partial charge < -0.3 is 5.73 Å². The Labute approximate surface area is 79.3 Å². The molecule has 0 atom stereocenters. The molecule has 0 aromatic heterocycles. The Morgan fingerprint density at radius 3 is 2.67 bits per heavy atom. The van der Waals surface area contributed by atoms with Crippen LogP contribution in [-0.2, 0) is 0 Å². The molecule has 2 aromatic carbocycles. The second-order valence-corrected chi connectivity index (χ2v) is 3.58. The number of nitrogens with two attached hydrogens (primary N) is 1. The van der Waals surface area contributed by atoms with E-state index in [4.69, 9.17) is 5.73 Å². The van der Waals surface area contributed by atoms with Crippen molar-refractivity contribution in [2.45, 2.75) is 0 Å². The zero-order valence-corrected chi connectivity index (χ0v) is 8.01.